The van der Waals surface area contributed by atoms with Crippen LogP contribution < -0.4 is 0 Å². The Hall–Kier alpha value is -2.40. The smallest absolute Gasteiger partial charge is 0.131 e. The lowest BCUT2D eigenvalue weighted by Crippen LogP contribution is -1.92. The summed E-state index contributed by atoms with van der Waals surface area (Å²) in [4.78, 5) is 0. The first-order valence-electron chi connectivity index (χ1n) is 6.47. The number of benzene rings is 2. The minimum Gasteiger partial charge on any atom is -0.206 e. The Bertz CT molecular complexity index is 697. The number of halogens is 1. The lowest BCUT2D eigenvalue weighted by atomic mass is 9.96. The molecule has 0 aliphatic heterocycles. The van der Waals surface area contributed by atoms with Gasteiger partial charge in [-0.1, -0.05) is 35.9 Å². The first-order valence-corrected chi connectivity index (χ1v) is 6.47. The highest BCUT2D eigenvalue weighted by atomic mass is 19.1. The fourth-order valence-electron chi connectivity index (χ4n) is 2.41. The zero-order valence-corrected chi connectivity index (χ0v) is 11.9. The molecule has 2 heteroatoms. The largest absolute Gasteiger partial charge is 0.206 e. The molecule has 0 bridgehead atoms. The van der Waals surface area contributed by atoms with Crippen molar-refractivity contribution in [2.24, 2.45) is 0 Å². The molecule has 0 heterocycles. The molecule has 0 saturated carbocycles. The average Bonchev–Trinajstić information content (AvgIpc) is 2.39. The number of nitrogens with zero attached hydrogens (tertiary/aromatic N) is 1. The van der Waals surface area contributed by atoms with E-state index in [1.54, 1.807) is 24.3 Å². The van der Waals surface area contributed by atoms with E-state index in [1.807, 2.05) is 20.8 Å². The van der Waals surface area contributed by atoms with Crippen LogP contribution in [0.25, 0.3) is 11.6 Å². The minimum absolute atomic E-state index is 0.342. The van der Waals surface area contributed by atoms with Gasteiger partial charge in [-0.05, 0) is 49.6 Å². The molecule has 100 valence electrons. The molecule has 0 unspecified atom stereocenters. The van der Waals surface area contributed by atoms with E-state index in [0.717, 1.165) is 16.7 Å². The van der Waals surface area contributed by atoms with Crippen molar-refractivity contribution in [3.05, 3.63) is 70.0 Å². The van der Waals surface area contributed by atoms with Crippen molar-refractivity contribution >= 4 is 11.6 Å². The van der Waals surface area contributed by atoms with Crippen LogP contribution in [0.15, 0.2) is 36.4 Å². The van der Waals surface area contributed by atoms with E-state index in [-0.39, 0.29) is 5.82 Å². The summed E-state index contributed by atoms with van der Waals surface area (Å²) < 4.78 is 13.8. The van der Waals surface area contributed by atoms with Crippen LogP contribution in [-0.2, 0) is 0 Å². The Balaban J connectivity index is 2.59. The van der Waals surface area contributed by atoms with E-state index >= 15 is 0 Å². The number of nitriles is 1. The Labute approximate surface area is 119 Å². The molecular formula is C18H16FN. The lowest BCUT2D eigenvalue weighted by molar-refractivity contribution is 0.624. The van der Waals surface area contributed by atoms with Crippen molar-refractivity contribution < 1.29 is 4.39 Å². The number of rotatable bonds is 2. The normalized spacial score (nSPS) is 11.2. The molecule has 0 saturated heterocycles. The van der Waals surface area contributed by atoms with Gasteiger partial charge in [-0.3, -0.25) is 0 Å². The predicted octanol–water partition coefficient (Wildman–Crippen LogP) is 4.82. The van der Waals surface area contributed by atoms with Crippen molar-refractivity contribution in [2.45, 2.75) is 20.8 Å². The molecule has 0 N–H and O–H groups in total. The third-order valence-electron chi connectivity index (χ3n) is 3.31. The summed E-state index contributed by atoms with van der Waals surface area (Å²) in [5.41, 5.74) is 5.03. The molecule has 0 aliphatic carbocycles. The SMILES string of the molecule is Cc1cc(C)c(C=C(C#N)c2ccccc2F)c(C)c1. The van der Waals surface area contributed by atoms with Crippen LogP contribution in [0.4, 0.5) is 4.39 Å². The van der Waals surface area contributed by atoms with Crippen molar-refractivity contribution in [3.63, 3.8) is 0 Å². The van der Waals surface area contributed by atoms with Crippen LogP contribution in [-0.4, -0.2) is 0 Å². The number of hydrogen-bond donors (Lipinski definition) is 0. The monoisotopic (exact) mass is 265 g/mol. The second-order valence-electron chi connectivity index (χ2n) is 4.96. The predicted molar refractivity (Wildman–Crippen MR) is 80.5 cm³/mol. The van der Waals surface area contributed by atoms with Gasteiger partial charge >= 0.3 is 0 Å². The van der Waals surface area contributed by atoms with Crippen LogP contribution >= 0.6 is 0 Å². The Morgan fingerprint density at radius 2 is 1.70 bits per heavy atom. The number of aryl methyl sites for hydroxylation is 3. The van der Waals surface area contributed by atoms with Gasteiger partial charge in [-0.15, -0.1) is 0 Å². The van der Waals surface area contributed by atoms with Gasteiger partial charge in [-0.2, -0.15) is 5.26 Å². The van der Waals surface area contributed by atoms with Crippen LogP contribution in [0.2, 0.25) is 0 Å². The first-order chi connectivity index (χ1) is 9.52. The van der Waals surface area contributed by atoms with Gasteiger partial charge in [0, 0.05) is 5.56 Å². The number of allylic oxidation sites excluding steroid dienone is 1. The summed E-state index contributed by atoms with van der Waals surface area (Å²) in [6, 6.07) is 12.6. The van der Waals surface area contributed by atoms with Crippen LogP contribution in [0, 0.1) is 37.9 Å². The van der Waals surface area contributed by atoms with E-state index in [0.29, 0.717) is 11.1 Å². The maximum Gasteiger partial charge on any atom is 0.131 e. The average molecular weight is 265 g/mol. The minimum atomic E-state index is -0.372. The van der Waals surface area contributed by atoms with Crippen molar-refractivity contribution in [1.82, 2.24) is 0 Å². The topological polar surface area (TPSA) is 23.8 Å². The van der Waals surface area contributed by atoms with Gasteiger partial charge in [0.25, 0.3) is 0 Å². The fraction of sp³-hybridized carbons (Fsp3) is 0.167. The third-order valence-corrected chi connectivity index (χ3v) is 3.31. The zero-order valence-electron chi connectivity index (χ0n) is 11.9. The van der Waals surface area contributed by atoms with E-state index < -0.39 is 0 Å². The quantitative estimate of drug-likeness (QED) is 0.564. The molecule has 0 atom stereocenters. The summed E-state index contributed by atoms with van der Waals surface area (Å²) in [6.45, 7) is 6.04. The molecule has 0 spiro atoms. The highest BCUT2D eigenvalue weighted by molar-refractivity contribution is 5.90. The zero-order chi connectivity index (χ0) is 14.7. The Morgan fingerprint density at radius 1 is 1.10 bits per heavy atom. The molecule has 0 fully saturated rings. The molecule has 2 aromatic carbocycles. The Morgan fingerprint density at radius 3 is 2.25 bits per heavy atom. The summed E-state index contributed by atoms with van der Waals surface area (Å²) in [6.07, 6.45) is 1.77. The summed E-state index contributed by atoms with van der Waals surface area (Å²) in [5, 5.41) is 9.32. The second kappa shape index (κ2) is 5.71. The number of hydrogen-bond acceptors (Lipinski definition) is 1. The van der Waals surface area contributed by atoms with Crippen molar-refractivity contribution in [1.29, 1.82) is 5.26 Å². The first kappa shape index (κ1) is 14.0. The summed E-state index contributed by atoms with van der Waals surface area (Å²) >= 11 is 0. The maximum atomic E-state index is 13.8. The van der Waals surface area contributed by atoms with Gasteiger partial charge < -0.3 is 0 Å². The van der Waals surface area contributed by atoms with Crippen LogP contribution in [0.1, 0.15) is 27.8 Å². The molecule has 1 nitrogen and oxygen atoms in total. The maximum absolute atomic E-state index is 13.8. The van der Waals surface area contributed by atoms with Gasteiger partial charge in [0.05, 0.1) is 11.6 Å². The van der Waals surface area contributed by atoms with Crippen LogP contribution in [0.3, 0.4) is 0 Å². The molecule has 0 aromatic heterocycles. The molecule has 2 rings (SSSR count). The Kier molecular flexibility index (Phi) is 4.00. The van der Waals surface area contributed by atoms with E-state index in [2.05, 4.69) is 18.2 Å². The van der Waals surface area contributed by atoms with Gasteiger partial charge in [0.2, 0.25) is 0 Å². The van der Waals surface area contributed by atoms with E-state index in [4.69, 9.17) is 0 Å². The molecule has 0 radical (unpaired) electrons. The van der Waals surface area contributed by atoms with E-state index in [9.17, 15) is 9.65 Å². The molecule has 20 heavy (non-hydrogen) atoms. The van der Waals surface area contributed by atoms with E-state index in [1.165, 1.54) is 11.6 Å². The summed E-state index contributed by atoms with van der Waals surface area (Å²) in [5.74, 6) is -0.372. The van der Waals surface area contributed by atoms with Crippen LogP contribution in [0.5, 0.6) is 0 Å². The highest BCUT2D eigenvalue weighted by Crippen LogP contribution is 2.24. The molecular weight excluding hydrogens is 249 g/mol. The highest BCUT2D eigenvalue weighted by Gasteiger charge is 2.09. The second-order valence-corrected chi connectivity index (χ2v) is 4.96. The molecule has 0 aliphatic rings. The summed E-state index contributed by atoms with van der Waals surface area (Å²) in [7, 11) is 0. The standard InChI is InChI=1S/C18H16FN/c1-12-8-13(2)17(14(3)9-12)10-15(11-20)16-6-4-5-7-18(16)19/h4-10H,1-3H3. The fourth-order valence-corrected chi connectivity index (χ4v) is 2.41. The third kappa shape index (κ3) is 2.78. The molecule has 0 amide bonds. The lowest BCUT2D eigenvalue weighted by Gasteiger charge is -2.09. The molecule has 2 aromatic rings. The van der Waals surface area contributed by atoms with Crippen molar-refractivity contribution in [3.8, 4) is 6.07 Å². The van der Waals surface area contributed by atoms with Gasteiger partial charge in [0.1, 0.15) is 5.82 Å². The van der Waals surface area contributed by atoms with Crippen molar-refractivity contribution in [2.75, 3.05) is 0 Å². The van der Waals surface area contributed by atoms with Gasteiger partial charge in [0.15, 0.2) is 0 Å². The van der Waals surface area contributed by atoms with Gasteiger partial charge in [-0.25, -0.2) is 4.39 Å².